The molecule has 0 heterocycles. The maximum absolute atomic E-state index is 12.4. The number of carbonyl (C=O) groups is 3. The Bertz CT molecular complexity index is 857. The van der Waals surface area contributed by atoms with Crippen molar-refractivity contribution in [3.63, 3.8) is 0 Å². The number of imide groups is 1. The van der Waals surface area contributed by atoms with E-state index in [0.717, 1.165) is 10.5 Å². The molecule has 1 aromatic carbocycles. The molecule has 1 aliphatic rings. The van der Waals surface area contributed by atoms with Gasteiger partial charge in [0.15, 0.2) is 0 Å². The first-order chi connectivity index (χ1) is 15.6. The summed E-state index contributed by atoms with van der Waals surface area (Å²) in [7, 11) is 0. The van der Waals surface area contributed by atoms with Crippen LogP contribution in [0.2, 0.25) is 0 Å². The molecule has 5 unspecified atom stereocenters. The number of carboxylic acids is 1. The first-order valence-corrected chi connectivity index (χ1v) is 12.0. The molecule has 2 rings (SSSR count). The predicted octanol–water partition coefficient (Wildman–Crippen LogP) is 3.45. The van der Waals surface area contributed by atoms with Gasteiger partial charge in [0.2, 0.25) is 17.9 Å². The fourth-order valence-electron chi connectivity index (χ4n) is 4.26. The standard InChI is InChI=1S/C23H32N2O7S/c1-5-15(6-2)32-21-17(12-20(27)24-14(4)26)19(25(30)31)11-18(23(28)29)22(21)33-16-9-7-13(3)8-10-16/h7-10,15,17-19,21-22H,5-6,11-12H2,1-4H3,(H,28,29)(H,24,26,27). The Labute approximate surface area is 197 Å². The molecule has 10 heteroatoms. The second-order valence-electron chi connectivity index (χ2n) is 8.44. The molecule has 182 valence electrons. The Hall–Kier alpha value is -2.46. The van der Waals surface area contributed by atoms with Gasteiger partial charge in [-0.1, -0.05) is 31.5 Å². The van der Waals surface area contributed by atoms with Crippen molar-refractivity contribution >= 4 is 29.5 Å². The van der Waals surface area contributed by atoms with Crippen molar-refractivity contribution in [2.45, 2.75) is 81.8 Å². The number of thioether (sulfide) groups is 1. The lowest BCUT2D eigenvalue weighted by molar-refractivity contribution is -0.540. The molecule has 2 amide bonds. The van der Waals surface area contributed by atoms with Crippen LogP contribution in [0, 0.1) is 28.9 Å². The van der Waals surface area contributed by atoms with Gasteiger partial charge in [-0.05, 0) is 31.9 Å². The van der Waals surface area contributed by atoms with Crippen molar-refractivity contribution < 1.29 is 29.2 Å². The van der Waals surface area contributed by atoms with Crippen molar-refractivity contribution in [1.29, 1.82) is 0 Å². The lowest BCUT2D eigenvalue weighted by Crippen LogP contribution is -2.56. The van der Waals surface area contributed by atoms with E-state index < -0.39 is 51.9 Å². The number of nitrogens with zero attached hydrogens (tertiary/aromatic N) is 1. The van der Waals surface area contributed by atoms with Crippen LogP contribution < -0.4 is 5.32 Å². The molecule has 1 aliphatic carbocycles. The van der Waals surface area contributed by atoms with Gasteiger partial charge in [0.05, 0.1) is 24.0 Å². The molecule has 0 aliphatic heterocycles. The SMILES string of the molecule is CCC(CC)OC1C(CC(=O)NC(C)=O)C([N+](=O)[O-])CC(C(=O)O)C1Sc1ccc(C)cc1. The van der Waals surface area contributed by atoms with Gasteiger partial charge in [-0.25, -0.2) is 0 Å². The van der Waals surface area contributed by atoms with Crippen LogP contribution in [0.5, 0.6) is 0 Å². The summed E-state index contributed by atoms with van der Waals surface area (Å²) in [6, 6.07) is 6.30. The van der Waals surface area contributed by atoms with E-state index in [0.29, 0.717) is 12.8 Å². The fraction of sp³-hybridized carbons (Fsp3) is 0.609. The summed E-state index contributed by atoms with van der Waals surface area (Å²) < 4.78 is 6.32. The topological polar surface area (TPSA) is 136 Å². The third-order valence-corrected chi connectivity index (χ3v) is 7.42. The monoisotopic (exact) mass is 480 g/mol. The molecule has 0 spiro atoms. The average Bonchev–Trinajstić information content (AvgIpc) is 2.73. The van der Waals surface area contributed by atoms with Crippen LogP contribution in [0.4, 0.5) is 0 Å². The first-order valence-electron chi connectivity index (χ1n) is 11.1. The van der Waals surface area contributed by atoms with Crippen LogP contribution >= 0.6 is 11.8 Å². The minimum Gasteiger partial charge on any atom is -0.481 e. The molecule has 2 N–H and O–H groups in total. The molecule has 1 saturated carbocycles. The quantitative estimate of drug-likeness (QED) is 0.384. The summed E-state index contributed by atoms with van der Waals surface area (Å²) in [4.78, 5) is 48.3. The Kier molecular flexibility index (Phi) is 9.85. The first kappa shape index (κ1) is 26.8. The molecular weight excluding hydrogens is 448 g/mol. The van der Waals surface area contributed by atoms with Gasteiger partial charge in [0, 0.05) is 34.8 Å². The highest BCUT2D eigenvalue weighted by molar-refractivity contribution is 8.00. The summed E-state index contributed by atoms with van der Waals surface area (Å²) >= 11 is 1.31. The van der Waals surface area contributed by atoms with E-state index in [9.17, 15) is 29.6 Å². The lowest BCUT2D eigenvalue weighted by atomic mass is 9.74. The maximum atomic E-state index is 12.4. The summed E-state index contributed by atoms with van der Waals surface area (Å²) in [5.74, 6) is -4.22. The van der Waals surface area contributed by atoms with Crippen molar-refractivity contribution in [3.05, 3.63) is 39.9 Å². The van der Waals surface area contributed by atoms with E-state index in [1.807, 2.05) is 45.0 Å². The smallest absolute Gasteiger partial charge is 0.308 e. The van der Waals surface area contributed by atoms with Crippen LogP contribution in [0.25, 0.3) is 0 Å². The number of nitrogens with one attached hydrogen (secondary N) is 1. The number of hydrogen-bond acceptors (Lipinski definition) is 7. The molecule has 9 nitrogen and oxygen atoms in total. The van der Waals surface area contributed by atoms with Gasteiger partial charge >= 0.3 is 5.97 Å². The van der Waals surface area contributed by atoms with E-state index in [1.54, 1.807) is 0 Å². The highest BCUT2D eigenvalue weighted by Crippen LogP contribution is 2.44. The number of aliphatic carboxylic acids is 1. The van der Waals surface area contributed by atoms with Gasteiger partial charge < -0.3 is 9.84 Å². The van der Waals surface area contributed by atoms with Crippen molar-refractivity contribution in [2.75, 3.05) is 0 Å². The van der Waals surface area contributed by atoms with Gasteiger partial charge in [-0.2, -0.15) is 0 Å². The normalized spacial score (nSPS) is 24.9. The highest BCUT2D eigenvalue weighted by Gasteiger charge is 2.54. The number of aryl methyl sites for hydroxylation is 1. The van der Waals surface area contributed by atoms with Gasteiger partial charge in [-0.3, -0.25) is 29.8 Å². The zero-order chi connectivity index (χ0) is 24.7. The van der Waals surface area contributed by atoms with E-state index in [2.05, 4.69) is 5.32 Å². The van der Waals surface area contributed by atoms with Crippen LogP contribution in [0.3, 0.4) is 0 Å². The molecular formula is C23H32N2O7S. The number of carboxylic acid groups (broad SMARTS) is 1. The minimum absolute atomic E-state index is 0.216. The Morgan fingerprint density at radius 2 is 1.85 bits per heavy atom. The molecule has 5 atom stereocenters. The Morgan fingerprint density at radius 3 is 2.33 bits per heavy atom. The van der Waals surface area contributed by atoms with E-state index >= 15 is 0 Å². The molecule has 0 aromatic heterocycles. The predicted molar refractivity (Wildman–Crippen MR) is 124 cm³/mol. The van der Waals surface area contributed by atoms with Crippen LogP contribution in [-0.4, -0.2) is 51.3 Å². The summed E-state index contributed by atoms with van der Waals surface area (Å²) in [6.07, 6.45) is -0.330. The summed E-state index contributed by atoms with van der Waals surface area (Å²) in [6.45, 7) is 6.99. The maximum Gasteiger partial charge on any atom is 0.308 e. The van der Waals surface area contributed by atoms with Gasteiger partial charge in [-0.15, -0.1) is 11.8 Å². The number of rotatable bonds is 10. The van der Waals surface area contributed by atoms with E-state index in [-0.39, 0.29) is 18.9 Å². The molecule has 33 heavy (non-hydrogen) atoms. The third kappa shape index (κ3) is 7.26. The number of ether oxygens (including phenoxy) is 1. The third-order valence-electron chi connectivity index (χ3n) is 6.01. The second-order valence-corrected chi connectivity index (χ2v) is 9.69. The minimum atomic E-state index is -1.28. The largest absolute Gasteiger partial charge is 0.481 e. The number of benzene rings is 1. The summed E-state index contributed by atoms with van der Waals surface area (Å²) in [5.41, 5.74) is 1.05. The molecule has 0 saturated heterocycles. The number of carbonyl (C=O) groups excluding carboxylic acids is 2. The van der Waals surface area contributed by atoms with Crippen LogP contribution in [0.15, 0.2) is 29.2 Å². The van der Waals surface area contributed by atoms with Crippen LogP contribution in [0.1, 0.15) is 52.0 Å². The average molecular weight is 481 g/mol. The Balaban J connectivity index is 2.52. The lowest BCUT2D eigenvalue weighted by Gasteiger charge is -2.43. The Morgan fingerprint density at radius 1 is 1.24 bits per heavy atom. The number of nitro groups is 1. The number of amides is 2. The fourth-order valence-corrected chi connectivity index (χ4v) is 5.66. The molecule has 1 aromatic rings. The number of hydrogen-bond donors (Lipinski definition) is 2. The highest BCUT2D eigenvalue weighted by atomic mass is 32.2. The molecule has 0 bridgehead atoms. The van der Waals surface area contributed by atoms with Crippen molar-refractivity contribution in [3.8, 4) is 0 Å². The van der Waals surface area contributed by atoms with Gasteiger partial charge in [0.25, 0.3) is 0 Å². The molecule has 1 fully saturated rings. The van der Waals surface area contributed by atoms with Crippen molar-refractivity contribution in [1.82, 2.24) is 5.32 Å². The summed E-state index contributed by atoms with van der Waals surface area (Å²) in [5, 5.41) is 23.5. The van der Waals surface area contributed by atoms with E-state index in [4.69, 9.17) is 4.74 Å². The zero-order valence-electron chi connectivity index (χ0n) is 19.4. The van der Waals surface area contributed by atoms with Crippen molar-refractivity contribution in [2.24, 2.45) is 11.8 Å². The second kappa shape index (κ2) is 12.1. The van der Waals surface area contributed by atoms with Gasteiger partial charge in [0.1, 0.15) is 0 Å². The molecule has 0 radical (unpaired) electrons. The zero-order valence-corrected chi connectivity index (χ0v) is 20.2. The van der Waals surface area contributed by atoms with E-state index in [1.165, 1.54) is 18.7 Å². The van der Waals surface area contributed by atoms with Crippen LogP contribution in [-0.2, 0) is 19.1 Å².